The van der Waals surface area contributed by atoms with E-state index in [-0.39, 0.29) is 0 Å². The normalized spacial score (nSPS) is 18.2. The molecular weight excluding hydrogens is 234 g/mol. The van der Waals surface area contributed by atoms with Gasteiger partial charge >= 0.3 is 0 Å². The fraction of sp³-hybridized carbons (Fsp3) is 0.562. The first-order valence-electron chi connectivity index (χ1n) is 7.42. The number of pyridine rings is 1. The molecule has 0 saturated carbocycles. The van der Waals surface area contributed by atoms with Crippen LogP contribution < -0.4 is 0 Å². The molecule has 2 aromatic rings. The van der Waals surface area contributed by atoms with Crippen molar-refractivity contribution in [3.05, 3.63) is 35.8 Å². The Bertz CT molecular complexity index is 550. The fourth-order valence-corrected chi connectivity index (χ4v) is 3.10. The van der Waals surface area contributed by atoms with Gasteiger partial charge in [-0.1, -0.05) is 13.0 Å². The highest BCUT2D eigenvalue weighted by atomic mass is 15.1. The summed E-state index contributed by atoms with van der Waals surface area (Å²) in [4.78, 5) is 7.30. The van der Waals surface area contributed by atoms with Gasteiger partial charge in [0.25, 0.3) is 0 Å². The molecule has 3 rings (SSSR count). The van der Waals surface area contributed by atoms with Gasteiger partial charge in [0.05, 0.1) is 5.69 Å². The molecule has 0 aromatic carbocycles. The standard InChI is InChI=1S/C16H23N3/c1-3-18-9-7-14(8-10-18)11-15-12-19-13(2)5-4-6-16(19)17-15/h4-6,12,14H,3,7-11H2,1-2H3. The lowest BCUT2D eigenvalue weighted by molar-refractivity contribution is 0.191. The number of imidazole rings is 1. The first-order chi connectivity index (χ1) is 9.26. The molecule has 1 fully saturated rings. The number of likely N-dealkylation sites (tertiary alicyclic amines) is 1. The molecule has 0 spiro atoms. The molecule has 1 saturated heterocycles. The van der Waals surface area contributed by atoms with E-state index in [0.29, 0.717) is 0 Å². The Kier molecular flexibility index (Phi) is 3.56. The van der Waals surface area contributed by atoms with Gasteiger partial charge in [0, 0.05) is 11.9 Å². The monoisotopic (exact) mass is 257 g/mol. The molecule has 0 bridgehead atoms. The summed E-state index contributed by atoms with van der Waals surface area (Å²) >= 11 is 0. The Morgan fingerprint density at radius 3 is 2.74 bits per heavy atom. The van der Waals surface area contributed by atoms with Crippen molar-refractivity contribution >= 4 is 5.65 Å². The molecule has 3 heteroatoms. The van der Waals surface area contributed by atoms with Gasteiger partial charge in [-0.15, -0.1) is 0 Å². The van der Waals surface area contributed by atoms with E-state index >= 15 is 0 Å². The second kappa shape index (κ2) is 5.33. The van der Waals surface area contributed by atoms with Crippen LogP contribution >= 0.6 is 0 Å². The van der Waals surface area contributed by atoms with Gasteiger partial charge in [0.1, 0.15) is 5.65 Å². The maximum Gasteiger partial charge on any atom is 0.137 e. The van der Waals surface area contributed by atoms with E-state index in [9.17, 15) is 0 Å². The minimum Gasteiger partial charge on any atom is -0.304 e. The van der Waals surface area contributed by atoms with Crippen LogP contribution in [0.2, 0.25) is 0 Å². The summed E-state index contributed by atoms with van der Waals surface area (Å²) < 4.78 is 2.20. The van der Waals surface area contributed by atoms with Crippen molar-refractivity contribution in [3.63, 3.8) is 0 Å². The van der Waals surface area contributed by atoms with Gasteiger partial charge in [-0.05, 0) is 63.9 Å². The number of aromatic nitrogens is 2. The molecule has 3 nitrogen and oxygen atoms in total. The van der Waals surface area contributed by atoms with E-state index in [0.717, 1.165) is 18.0 Å². The van der Waals surface area contributed by atoms with Gasteiger partial charge in [0.2, 0.25) is 0 Å². The highest BCUT2D eigenvalue weighted by molar-refractivity contribution is 5.41. The first-order valence-corrected chi connectivity index (χ1v) is 7.42. The number of nitrogens with zero attached hydrogens (tertiary/aromatic N) is 3. The smallest absolute Gasteiger partial charge is 0.137 e. The van der Waals surface area contributed by atoms with Crippen LogP contribution in [0.4, 0.5) is 0 Å². The van der Waals surface area contributed by atoms with Crippen LogP contribution in [0, 0.1) is 12.8 Å². The van der Waals surface area contributed by atoms with Gasteiger partial charge in [-0.2, -0.15) is 0 Å². The Morgan fingerprint density at radius 2 is 2.05 bits per heavy atom. The molecular formula is C16H23N3. The zero-order valence-corrected chi connectivity index (χ0v) is 12.0. The minimum atomic E-state index is 0.813. The fourth-order valence-electron chi connectivity index (χ4n) is 3.10. The number of rotatable bonds is 3. The summed E-state index contributed by atoms with van der Waals surface area (Å²) in [5.41, 5.74) is 3.60. The number of fused-ring (bicyclic) bond motifs is 1. The van der Waals surface area contributed by atoms with Crippen LogP contribution in [0.15, 0.2) is 24.4 Å². The van der Waals surface area contributed by atoms with E-state index in [2.05, 4.69) is 47.5 Å². The number of aryl methyl sites for hydroxylation is 1. The lowest BCUT2D eigenvalue weighted by atomic mass is 9.92. The molecule has 2 aromatic heterocycles. The van der Waals surface area contributed by atoms with E-state index in [1.165, 1.54) is 43.9 Å². The van der Waals surface area contributed by atoms with Crippen LogP contribution in [-0.4, -0.2) is 33.9 Å². The maximum absolute atomic E-state index is 4.76. The third kappa shape index (κ3) is 2.66. The zero-order valence-electron chi connectivity index (χ0n) is 12.0. The van der Waals surface area contributed by atoms with Crippen LogP contribution in [0.25, 0.3) is 5.65 Å². The Balaban J connectivity index is 1.70. The molecule has 102 valence electrons. The van der Waals surface area contributed by atoms with Gasteiger partial charge in [0.15, 0.2) is 0 Å². The second-order valence-corrected chi connectivity index (χ2v) is 5.71. The highest BCUT2D eigenvalue weighted by Gasteiger charge is 2.19. The predicted molar refractivity (Wildman–Crippen MR) is 78.5 cm³/mol. The van der Waals surface area contributed by atoms with Crippen LogP contribution in [0.1, 0.15) is 31.2 Å². The van der Waals surface area contributed by atoms with Crippen LogP contribution in [0.5, 0.6) is 0 Å². The quantitative estimate of drug-likeness (QED) is 0.842. The largest absolute Gasteiger partial charge is 0.304 e. The van der Waals surface area contributed by atoms with E-state index in [1.54, 1.807) is 0 Å². The summed E-state index contributed by atoms with van der Waals surface area (Å²) in [7, 11) is 0. The van der Waals surface area contributed by atoms with Crippen molar-refractivity contribution in [2.45, 2.75) is 33.1 Å². The van der Waals surface area contributed by atoms with Crippen molar-refractivity contribution in [1.29, 1.82) is 0 Å². The average Bonchev–Trinajstić information content (AvgIpc) is 2.84. The topological polar surface area (TPSA) is 20.5 Å². The second-order valence-electron chi connectivity index (χ2n) is 5.71. The Labute approximate surface area is 115 Å². The summed E-state index contributed by atoms with van der Waals surface area (Å²) in [5, 5.41) is 0. The van der Waals surface area contributed by atoms with Gasteiger partial charge in [-0.25, -0.2) is 4.98 Å². The molecule has 3 heterocycles. The lowest BCUT2D eigenvalue weighted by Crippen LogP contribution is -2.34. The highest BCUT2D eigenvalue weighted by Crippen LogP contribution is 2.21. The SMILES string of the molecule is CCN1CCC(Cc2cn3c(C)cccc3n2)CC1. The zero-order chi connectivity index (χ0) is 13.2. The summed E-state index contributed by atoms with van der Waals surface area (Å²) in [6.07, 6.45) is 6.00. The summed E-state index contributed by atoms with van der Waals surface area (Å²) in [6.45, 7) is 8.10. The maximum atomic E-state index is 4.76. The molecule has 1 aliphatic rings. The van der Waals surface area contributed by atoms with E-state index in [4.69, 9.17) is 4.98 Å². The van der Waals surface area contributed by atoms with Crippen LogP contribution in [-0.2, 0) is 6.42 Å². The van der Waals surface area contributed by atoms with Crippen molar-refractivity contribution in [3.8, 4) is 0 Å². The van der Waals surface area contributed by atoms with E-state index in [1.807, 2.05) is 0 Å². The molecule has 19 heavy (non-hydrogen) atoms. The van der Waals surface area contributed by atoms with Crippen molar-refractivity contribution in [2.75, 3.05) is 19.6 Å². The molecule has 0 aliphatic carbocycles. The van der Waals surface area contributed by atoms with Gasteiger partial charge in [-0.3, -0.25) is 0 Å². The molecule has 0 N–H and O–H groups in total. The Hall–Kier alpha value is -1.35. The van der Waals surface area contributed by atoms with Crippen LogP contribution in [0.3, 0.4) is 0 Å². The van der Waals surface area contributed by atoms with Crippen molar-refractivity contribution in [2.24, 2.45) is 5.92 Å². The van der Waals surface area contributed by atoms with Crippen molar-refractivity contribution < 1.29 is 0 Å². The number of hydrogen-bond donors (Lipinski definition) is 0. The predicted octanol–water partition coefficient (Wildman–Crippen LogP) is 2.92. The molecule has 0 radical (unpaired) electrons. The molecule has 0 amide bonds. The summed E-state index contributed by atoms with van der Waals surface area (Å²) in [5.74, 6) is 0.813. The lowest BCUT2D eigenvalue weighted by Gasteiger charge is -2.30. The third-order valence-electron chi connectivity index (χ3n) is 4.40. The van der Waals surface area contributed by atoms with Gasteiger partial charge < -0.3 is 9.30 Å². The number of piperidine rings is 1. The first kappa shape index (κ1) is 12.7. The molecule has 1 aliphatic heterocycles. The molecule has 0 atom stereocenters. The number of hydrogen-bond acceptors (Lipinski definition) is 2. The Morgan fingerprint density at radius 1 is 1.26 bits per heavy atom. The van der Waals surface area contributed by atoms with E-state index < -0.39 is 0 Å². The average molecular weight is 257 g/mol. The summed E-state index contributed by atoms with van der Waals surface area (Å²) in [6, 6.07) is 6.32. The molecule has 0 unspecified atom stereocenters. The third-order valence-corrected chi connectivity index (χ3v) is 4.40. The van der Waals surface area contributed by atoms with Crippen molar-refractivity contribution in [1.82, 2.24) is 14.3 Å². The minimum absolute atomic E-state index is 0.813.